The Balaban J connectivity index is 2.12. The van der Waals surface area contributed by atoms with Gasteiger partial charge in [-0.3, -0.25) is 14.6 Å². The van der Waals surface area contributed by atoms with Gasteiger partial charge in [-0.1, -0.05) is 18.2 Å². The summed E-state index contributed by atoms with van der Waals surface area (Å²) in [5, 5.41) is 9.28. The van der Waals surface area contributed by atoms with Gasteiger partial charge in [0.05, 0.1) is 24.1 Å². The Labute approximate surface area is 124 Å². The second-order valence-electron chi connectivity index (χ2n) is 5.17. The predicted molar refractivity (Wildman–Crippen MR) is 78.3 cm³/mol. The van der Waals surface area contributed by atoms with Gasteiger partial charge in [0.25, 0.3) is 0 Å². The van der Waals surface area contributed by atoms with E-state index in [9.17, 15) is 14.7 Å². The van der Waals surface area contributed by atoms with Crippen LogP contribution < -0.4 is 0 Å². The number of rotatable bonds is 5. The summed E-state index contributed by atoms with van der Waals surface area (Å²) in [4.78, 5) is 29.9. The average Bonchev–Trinajstić information content (AvgIpc) is 2.53. The molecule has 1 N–H and O–H groups in total. The molecule has 1 aromatic rings. The molecule has 0 bridgehead atoms. The molecule has 112 valence electrons. The van der Waals surface area contributed by atoms with Gasteiger partial charge in [-0.2, -0.15) is 0 Å². The van der Waals surface area contributed by atoms with Crippen LogP contribution in [-0.4, -0.2) is 33.4 Å². The van der Waals surface area contributed by atoms with Gasteiger partial charge in [0, 0.05) is 12.7 Å². The molecule has 0 unspecified atom stereocenters. The fraction of sp³-hybridized carbons (Fsp3) is 0.438. The molecule has 1 aliphatic carbocycles. The van der Waals surface area contributed by atoms with Crippen LogP contribution in [0.4, 0.5) is 0 Å². The molecular formula is C16H20N2O3. The van der Waals surface area contributed by atoms with Crippen LogP contribution in [-0.2, 0) is 16.1 Å². The number of carbonyl (C=O) groups is 2. The molecule has 1 amide bonds. The quantitative estimate of drug-likeness (QED) is 0.842. The molecule has 5 nitrogen and oxygen atoms in total. The Hall–Kier alpha value is -2.17. The number of aromatic nitrogens is 1. The van der Waals surface area contributed by atoms with E-state index >= 15 is 0 Å². The zero-order valence-electron chi connectivity index (χ0n) is 12.1. The monoisotopic (exact) mass is 288 g/mol. The number of carboxylic acid groups (broad SMARTS) is 1. The highest BCUT2D eigenvalue weighted by Crippen LogP contribution is 2.28. The molecule has 21 heavy (non-hydrogen) atoms. The topological polar surface area (TPSA) is 70.5 Å². The summed E-state index contributed by atoms with van der Waals surface area (Å²) in [6.07, 6.45) is 6.35. The minimum absolute atomic E-state index is 0.0973. The Bertz CT molecular complexity index is 528. The van der Waals surface area contributed by atoms with Crippen molar-refractivity contribution in [3.8, 4) is 0 Å². The third kappa shape index (κ3) is 3.68. The van der Waals surface area contributed by atoms with Crippen LogP contribution in [0.5, 0.6) is 0 Å². The third-order valence-electron chi connectivity index (χ3n) is 3.84. The van der Waals surface area contributed by atoms with E-state index in [1.54, 1.807) is 11.1 Å². The van der Waals surface area contributed by atoms with E-state index in [1.165, 1.54) is 0 Å². The predicted octanol–water partition coefficient (Wildman–Crippen LogP) is 2.10. The van der Waals surface area contributed by atoms with Crippen LogP contribution in [0.2, 0.25) is 0 Å². The largest absolute Gasteiger partial charge is 0.481 e. The number of allylic oxidation sites excluding steroid dienone is 2. The lowest BCUT2D eigenvalue weighted by molar-refractivity contribution is -0.150. The molecule has 1 heterocycles. The van der Waals surface area contributed by atoms with Gasteiger partial charge < -0.3 is 10.0 Å². The lowest BCUT2D eigenvalue weighted by Gasteiger charge is -2.30. The number of aliphatic carboxylic acids is 1. The van der Waals surface area contributed by atoms with Crippen LogP contribution in [0.3, 0.4) is 0 Å². The average molecular weight is 288 g/mol. The number of carboxylic acids is 1. The highest BCUT2D eigenvalue weighted by atomic mass is 16.4. The molecule has 0 radical (unpaired) electrons. The Morgan fingerprint density at radius 1 is 1.29 bits per heavy atom. The molecule has 1 aromatic heterocycles. The molecule has 2 rings (SSSR count). The molecule has 0 saturated carbocycles. The Morgan fingerprint density at radius 3 is 2.57 bits per heavy atom. The van der Waals surface area contributed by atoms with Crippen LogP contribution in [0.25, 0.3) is 0 Å². The van der Waals surface area contributed by atoms with E-state index in [-0.39, 0.29) is 5.91 Å². The molecule has 5 heteroatoms. The number of hydrogen-bond donors (Lipinski definition) is 1. The maximum Gasteiger partial charge on any atom is 0.307 e. The standard InChI is InChI=1S/C16H20N2O3/c1-2-18(11-12-7-5-6-10-17-12)15(19)13-8-3-4-9-14(13)16(20)21/h3-7,10,13-14H,2,8-9,11H2,1H3,(H,20,21)/t13-,14+/m1/s1. The Morgan fingerprint density at radius 2 is 2.00 bits per heavy atom. The molecule has 0 saturated heterocycles. The molecule has 0 spiro atoms. The van der Waals surface area contributed by atoms with Crippen molar-refractivity contribution in [1.82, 2.24) is 9.88 Å². The summed E-state index contributed by atoms with van der Waals surface area (Å²) in [7, 11) is 0. The number of pyridine rings is 1. The van der Waals surface area contributed by atoms with Gasteiger partial charge in [-0.15, -0.1) is 0 Å². The summed E-state index contributed by atoms with van der Waals surface area (Å²) in [5.74, 6) is -2.09. The Kier molecular flexibility index (Phi) is 5.09. The van der Waals surface area contributed by atoms with Crippen LogP contribution >= 0.6 is 0 Å². The number of nitrogens with zero attached hydrogens (tertiary/aromatic N) is 2. The zero-order valence-corrected chi connectivity index (χ0v) is 12.1. The van der Waals surface area contributed by atoms with Crippen molar-refractivity contribution >= 4 is 11.9 Å². The van der Waals surface area contributed by atoms with Gasteiger partial charge in [0.2, 0.25) is 5.91 Å². The fourth-order valence-electron chi connectivity index (χ4n) is 2.63. The number of amides is 1. The van der Waals surface area contributed by atoms with Gasteiger partial charge in [0.15, 0.2) is 0 Å². The fourth-order valence-corrected chi connectivity index (χ4v) is 2.63. The van der Waals surface area contributed by atoms with Gasteiger partial charge in [0.1, 0.15) is 0 Å². The normalized spacial score (nSPS) is 21.0. The number of hydrogen-bond acceptors (Lipinski definition) is 3. The lowest BCUT2D eigenvalue weighted by atomic mass is 9.82. The summed E-state index contributed by atoms with van der Waals surface area (Å²) in [5.41, 5.74) is 0.811. The molecule has 1 aliphatic rings. The van der Waals surface area contributed by atoms with Crippen molar-refractivity contribution < 1.29 is 14.7 Å². The second-order valence-corrected chi connectivity index (χ2v) is 5.17. The van der Waals surface area contributed by atoms with E-state index in [0.29, 0.717) is 25.9 Å². The van der Waals surface area contributed by atoms with Gasteiger partial charge in [-0.25, -0.2) is 0 Å². The first-order valence-electron chi connectivity index (χ1n) is 7.20. The van der Waals surface area contributed by atoms with Gasteiger partial charge >= 0.3 is 5.97 Å². The van der Waals surface area contributed by atoms with Crippen molar-refractivity contribution in [2.24, 2.45) is 11.8 Å². The van der Waals surface area contributed by atoms with E-state index < -0.39 is 17.8 Å². The van der Waals surface area contributed by atoms with Crippen LogP contribution in [0.15, 0.2) is 36.5 Å². The maximum atomic E-state index is 12.6. The zero-order chi connectivity index (χ0) is 15.2. The first kappa shape index (κ1) is 15.2. The molecule has 0 aliphatic heterocycles. The van der Waals surface area contributed by atoms with Crippen molar-refractivity contribution in [2.45, 2.75) is 26.3 Å². The minimum atomic E-state index is -0.897. The molecule has 0 fully saturated rings. The van der Waals surface area contributed by atoms with Crippen LogP contribution in [0.1, 0.15) is 25.5 Å². The molecular weight excluding hydrogens is 268 g/mol. The number of carbonyl (C=O) groups excluding carboxylic acids is 1. The van der Waals surface area contributed by atoms with Crippen molar-refractivity contribution in [2.75, 3.05) is 6.54 Å². The summed E-state index contributed by atoms with van der Waals surface area (Å²) < 4.78 is 0. The van der Waals surface area contributed by atoms with E-state index in [2.05, 4.69) is 4.98 Å². The first-order valence-corrected chi connectivity index (χ1v) is 7.20. The van der Waals surface area contributed by atoms with E-state index in [0.717, 1.165) is 5.69 Å². The smallest absolute Gasteiger partial charge is 0.307 e. The van der Waals surface area contributed by atoms with Gasteiger partial charge in [-0.05, 0) is 31.9 Å². The molecule has 2 atom stereocenters. The lowest BCUT2D eigenvalue weighted by Crippen LogP contribution is -2.41. The second kappa shape index (κ2) is 7.02. The highest BCUT2D eigenvalue weighted by molar-refractivity contribution is 5.85. The molecule has 0 aromatic carbocycles. The van der Waals surface area contributed by atoms with Crippen molar-refractivity contribution in [3.63, 3.8) is 0 Å². The van der Waals surface area contributed by atoms with Crippen molar-refractivity contribution in [1.29, 1.82) is 0 Å². The maximum absolute atomic E-state index is 12.6. The SMILES string of the molecule is CCN(Cc1ccccn1)C(=O)[C@@H]1CC=CC[C@@H]1C(=O)O. The first-order chi connectivity index (χ1) is 10.1. The summed E-state index contributed by atoms with van der Waals surface area (Å²) in [6.45, 7) is 2.86. The summed E-state index contributed by atoms with van der Waals surface area (Å²) >= 11 is 0. The minimum Gasteiger partial charge on any atom is -0.481 e. The third-order valence-corrected chi connectivity index (χ3v) is 3.84. The van der Waals surface area contributed by atoms with Crippen molar-refractivity contribution in [3.05, 3.63) is 42.2 Å². The van der Waals surface area contributed by atoms with E-state index in [1.807, 2.05) is 37.3 Å². The summed E-state index contributed by atoms with van der Waals surface area (Å²) in [6, 6.07) is 5.57. The van der Waals surface area contributed by atoms with E-state index in [4.69, 9.17) is 0 Å². The highest BCUT2D eigenvalue weighted by Gasteiger charge is 2.36. The van der Waals surface area contributed by atoms with Crippen LogP contribution in [0, 0.1) is 11.8 Å².